The molecule has 0 aromatic heterocycles. The topological polar surface area (TPSA) is 40.9 Å². The Morgan fingerprint density at radius 1 is 1.33 bits per heavy atom. The fourth-order valence-corrected chi connectivity index (χ4v) is 1.37. The SMILES string of the molecule is CC(C)[C@H](C#N)CC(=O)c1ccccc1. The first-order valence-corrected chi connectivity index (χ1v) is 5.13. The molecule has 0 saturated carbocycles. The molecule has 15 heavy (non-hydrogen) atoms. The number of carbonyl (C=O) groups excluding carboxylic acids is 1. The molecule has 78 valence electrons. The van der Waals surface area contributed by atoms with Gasteiger partial charge in [0.25, 0.3) is 0 Å². The molecule has 2 heteroatoms. The van der Waals surface area contributed by atoms with Gasteiger partial charge in [0.2, 0.25) is 0 Å². The number of benzene rings is 1. The van der Waals surface area contributed by atoms with Crippen LogP contribution in [-0.2, 0) is 0 Å². The first kappa shape index (κ1) is 11.5. The lowest BCUT2D eigenvalue weighted by Gasteiger charge is -2.11. The van der Waals surface area contributed by atoms with Gasteiger partial charge in [-0.15, -0.1) is 0 Å². The summed E-state index contributed by atoms with van der Waals surface area (Å²) < 4.78 is 0. The van der Waals surface area contributed by atoms with Crippen LogP contribution in [0.4, 0.5) is 0 Å². The van der Waals surface area contributed by atoms with Gasteiger partial charge >= 0.3 is 0 Å². The van der Waals surface area contributed by atoms with Crippen molar-refractivity contribution in [1.82, 2.24) is 0 Å². The Hall–Kier alpha value is -1.62. The average molecular weight is 201 g/mol. The van der Waals surface area contributed by atoms with Crippen molar-refractivity contribution < 1.29 is 4.79 Å². The van der Waals surface area contributed by atoms with Crippen LogP contribution in [0.2, 0.25) is 0 Å². The average Bonchev–Trinajstić information content (AvgIpc) is 2.26. The molecule has 1 aromatic carbocycles. The standard InChI is InChI=1S/C13H15NO/c1-10(2)12(9-14)8-13(15)11-6-4-3-5-7-11/h3-7,10,12H,8H2,1-2H3/t12-/m0/s1. The molecular weight excluding hydrogens is 186 g/mol. The van der Waals surface area contributed by atoms with Crippen LogP contribution in [-0.4, -0.2) is 5.78 Å². The summed E-state index contributed by atoms with van der Waals surface area (Å²) in [5, 5.41) is 8.89. The Morgan fingerprint density at radius 2 is 1.93 bits per heavy atom. The van der Waals surface area contributed by atoms with Crippen molar-refractivity contribution in [1.29, 1.82) is 5.26 Å². The largest absolute Gasteiger partial charge is 0.294 e. The number of ketones is 1. The number of nitrogens with zero attached hydrogens (tertiary/aromatic N) is 1. The molecule has 1 rings (SSSR count). The molecule has 0 saturated heterocycles. The van der Waals surface area contributed by atoms with E-state index in [0.717, 1.165) is 0 Å². The molecule has 0 spiro atoms. The van der Waals surface area contributed by atoms with Crippen LogP contribution in [0.5, 0.6) is 0 Å². The van der Waals surface area contributed by atoms with Gasteiger partial charge in [-0.1, -0.05) is 44.2 Å². The van der Waals surface area contributed by atoms with E-state index in [4.69, 9.17) is 5.26 Å². The van der Waals surface area contributed by atoms with Crippen molar-refractivity contribution >= 4 is 5.78 Å². The van der Waals surface area contributed by atoms with Crippen molar-refractivity contribution in [3.63, 3.8) is 0 Å². The highest BCUT2D eigenvalue weighted by molar-refractivity contribution is 5.96. The number of hydrogen-bond donors (Lipinski definition) is 0. The van der Waals surface area contributed by atoms with Crippen LogP contribution >= 0.6 is 0 Å². The van der Waals surface area contributed by atoms with Crippen LogP contribution in [0.15, 0.2) is 30.3 Å². The third-order valence-electron chi connectivity index (χ3n) is 2.47. The predicted octanol–water partition coefficient (Wildman–Crippen LogP) is 3.06. The minimum Gasteiger partial charge on any atom is -0.294 e. The first-order valence-electron chi connectivity index (χ1n) is 5.13. The Labute approximate surface area is 90.5 Å². The number of carbonyl (C=O) groups is 1. The lowest BCUT2D eigenvalue weighted by molar-refractivity contribution is 0.0962. The van der Waals surface area contributed by atoms with Crippen LogP contribution in [0.25, 0.3) is 0 Å². The zero-order chi connectivity index (χ0) is 11.3. The van der Waals surface area contributed by atoms with Crippen molar-refractivity contribution in [3.8, 4) is 6.07 Å². The summed E-state index contributed by atoms with van der Waals surface area (Å²) in [6, 6.07) is 11.3. The van der Waals surface area contributed by atoms with E-state index in [9.17, 15) is 4.79 Å². The molecule has 0 aliphatic heterocycles. The number of Topliss-reactive ketones (excluding diaryl/α,β-unsaturated/α-hetero) is 1. The summed E-state index contributed by atoms with van der Waals surface area (Å²) in [5.41, 5.74) is 0.693. The zero-order valence-corrected chi connectivity index (χ0v) is 9.10. The second-order valence-electron chi connectivity index (χ2n) is 3.97. The lowest BCUT2D eigenvalue weighted by Crippen LogP contribution is -2.12. The smallest absolute Gasteiger partial charge is 0.164 e. The second-order valence-corrected chi connectivity index (χ2v) is 3.97. The number of rotatable bonds is 4. The van der Waals surface area contributed by atoms with Crippen LogP contribution in [0.3, 0.4) is 0 Å². The fraction of sp³-hybridized carbons (Fsp3) is 0.385. The molecule has 0 amide bonds. The summed E-state index contributed by atoms with van der Waals surface area (Å²) in [7, 11) is 0. The van der Waals surface area contributed by atoms with Gasteiger partial charge in [0, 0.05) is 12.0 Å². The van der Waals surface area contributed by atoms with Crippen molar-refractivity contribution in [2.75, 3.05) is 0 Å². The summed E-state index contributed by atoms with van der Waals surface area (Å²) >= 11 is 0. The van der Waals surface area contributed by atoms with Crippen molar-refractivity contribution in [2.45, 2.75) is 20.3 Å². The van der Waals surface area contributed by atoms with E-state index in [1.807, 2.05) is 32.0 Å². The molecule has 0 aliphatic rings. The van der Waals surface area contributed by atoms with E-state index in [0.29, 0.717) is 12.0 Å². The summed E-state index contributed by atoms with van der Waals surface area (Å²) in [6.07, 6.45) is 0.318. The normalized spacial score (nSPS) is 12.1. The molecule has 0 heterocycles. The van der Waals surface area contributed by atoms with E-state index >= 15 is 0 Å². The minimum absolute atomic E-state index is 0.0517. The molecule has 0 N–H and O–H groups in total. The second kappa shape index (κ2) is 5.31. The predicted molar refractivity (Wildman–Crippen MR) is 59.3 cm³/mol. The first-order chi connectivity index (χ1) is 7.15. The molecule has 0 bridgehead atoms. The maximum Gasteiger partial charge on any atom is 0.164 e. The highest BCUT2D eigenvalue weighted by atomic mass is 16.1. The summed E-state index contributed by atoms with van der Waals surface area (Å²) in [6.45, 7) is 3.93. The summed E-state index contributed by atoms with van der Waals surface area (Å²) in [5.74, 6) is 0.0937. The summed E-state index contributed by atoms with van der Waals surface area (Å²) in [4.78, 5) is 11.8. The molecule has 0 radical (unpaired) electrons. The van der Waals surface area contributed by atoms with E-state index < -0.39 is 0 Å². The van der Waals surface area contributed by atoms with Gasteiger partial charge < -0.3 is 0 Å². The monoisotopic (exact) mass is 201 g/mol. The molecule has 0 unspecified atom stereocenters. The molecule has 1 aromatic rings. The third-order valence-corrected chi connectivity index (χ3v) is 2.47. The Kier molecular flexibility index (Phi) is 4.05. The Bertz CT molecular complexity index is 362. The van der Waals surface area contributed by atoms with E-state index in [2.05, 4.69) is 6.07 Å². The van der Waals surface area contributed by atoms with Gasteiger partial charge in [-0.25, -0.2) is 0 Å². The van der Waals surface area contributed by atoms with Gasteiger partial charge in [-0.05, 0) is 5.92 Å². The van der Waals surface area contributed by atoms with Crippen LogP contribution in [0, 0.1) is 23.2 Å². The molecular formula is C13H15NO. The highest BCUT2D eigenvalue weighted by Crippen LogP contribution is 2.17. The third kappa shape index (κ3) is 3.21. The van der Waals surface area contributed by atoms with Gasteiger partial charge in [0.05, 0.1) is 12.0 Å². The molecule has 0 fully saturated rings. The number of nitriles is 1. The van der Waals surface area contributed by atoms with Crippen LogP contribution < -0.4 is 0 Å². The lowest BCUT2D eigenvalue weighted by atomic mass is 9.90. The van der Waals surface area contributed by atoms with Gasteiger partial charge in [-0.3, -0.25) is 4.79 Å². The van der Waals surface area contributed by atoms with Crippen molar-refractivity contribution in [3.05, 3.63) is 35.9 Å². The Balaban J connectivity index is 2.68. The van der Waals surface area contributed by atoms with E-state index in [1.165, 1.54) is 0 Å². The van der Waals surface area contributed by atoms with E-state index in [-0.39, 0.29) is 17.6 Å². The quantitative estimate of drug-likeness (QED) is 0.702. The van der Waals surface area contributed by atoms with Gasteiger partial charge in [-0.2, -0.15) is 5.26 Å². The zero-order valence-electron chi connectivity index (χ0n) is 9.10. The van der Waals surface area contributed by atoms with Crippen LogP contribution in [0.1, 0.15) is 30.6 Å². The fourth-order valence-electron chi connectivity index (χ4n) is 1.37. The maximum absolute atomic E-state index is 11.8. The maximum atomic E-state index is 11.8. The molecule has 0 aliphatic carbocycles. The molecule has 1 atom stereocenters. The Morgan fingerprint density at radius 3 is 2.40 bits per heavy atom. The highest BCUT2D eigenvalue weighted by Gasteiger charge is 2.17. The van der Waals surface area contributed by atoms with Gasteiger partial charge in [0.1, 0.15) is 0 Å². The van der Waals surface area contributed by atoms with Crippen molar-refractivity contribution in [2.24, 2.45) is 11.8 Å². The van der Waals surface area contributed by atoms with E-state index in [1.54, 1.807) is 12.1 Å². The molecule has 2 nitrogen and oxygen atoms in total. The number of hydrogen-bond acceptors (Lipinski definition) is 2. The van der Waals surface area contributed by atoms with Gasteiger partial charge in [0.15, 0.2) is 5.78 Å². The minimum atomic E-state index is -0.183.